The van der Waals surface area contributed by atoms with Gasteiger partial charge in [-0.25, -0.2) is 4.79 Å². The molecule has 1 saturated heterocycles. The number of imide groups is 1. The summed E-state index contributed by atoms with van der Waals surface area (Å²) in [5.41, 5.74) is 0.780. The molecule has 0 aromatic heterocycles. The minimum absolute atomic E-state index is 0.322. The molecular weight excluding hydrogens is 382 g/mol. The minimum Gasteiger partial charge on any atom is -0.444 e. The highest BCUT2D eigenvalue weighted by Gasteiger charge is 2.47. The van der Waals surface area contributed by atoms with Gasteiger partial charge in [-0.05, 0) is 44.0 Å². The van der Waals surface area contributed by atoms with E-state index >= 15 is 0 Å². The molecule has 4 rings (SSSR count). The van der Waals surface area contributed by atoms with Crippen molar-refractivity contribution in [2.45, 2.75) is 31.9 Å². The second-order valence-corrected chi connectivity index (χ2v) is 8.58. The summed E-state index contributed by atoms with van der Waals surface area (Å²) in [4.78, 5) is 39.3. The Hall–Kier alpha value is -3.19. The number of benzene rings is 2. The fourth-order valence-corrected chi connectivity index (χ4v) is 4.13. The number of carbonyl (C=O) groups excluding carboxylic acids is 3. The Morgan fingerprint density at radius 1 is 1.00 bits per heavy atom. The molecule has 0 saturated carbocycles. The summed E-state index contributed by atoms with van der Waals surface area (Å²) in [6.45, 7) is 7.02. The van der Waals surface area contributed by atoms with Gasteiger partial charge in [0.25, 0.3) is 11.8 Å². The Morgan fingerprint density at radius 2 is 1.70 bits per heavy atom. The van der Waals surface area contributed by atoms with Crippen molar-refractivity contribution in [1.82, 2.24) is 15.5 Å². The van der Waals surface area contributed by atoms with Crippen LogP contribution in [0.3, 0.4) is 0 Å². The fraction of sp³-hybridized carbons (Fsp3) is 0.348. The summed E-state index contributed by atoms with van der Waals surface area (Å²) in [6, 6.07) is 14.9. The van der Waals surface area contributed by atoms with Crippen molar-refractivity contribution < 1.29 is 19.1 Å². The number of fused-ring (bicyclic) bond motifs is 1. The summed E-state index contributed by atoms with van der Waals surface area (Å²) in [7, 11) is 0. The van der Waals surface area contributed by atoms with Gasteiger partial charge in [0, 0.05) is 19.6 Å². The summed E-state index contributed by atoms with van der Waals surface area (Å²) in [6.07, 6.45) is -0.422. The highest BCUT2D eigenvalue weighted by molar-refractivity contribution is 6.21. The van der Waals surface area contributed by atoms with E-state index in [4.69, 9.17) is 4.74 Å². The smallest absolute Gasteiger partial charge is 0.411 e. The van der Waals surface area contributed by atoms with Crippen molar-refractivity contribution in [2.75, 3.05) is 19.6 Å². The largest absolute Gasteiger partial charge is 0.444 e. The highest BCUT2D eigenvalue weighted by atomic mass is 16.6. The monoisotopic (exact) mass is 407 g/mol. The van der Waals surface area contributed by atoms with Gasteiger partial charge in [-0.1, -0.05) is 36.4 Å². The van der Waals surface area contributed by atoms with Crippen LogP contribution in [0.4, 0.5) is 4.79 Å². The van der Waals surface area contributed by atoms with Gasteiger partial charge in [-0.15, -0.1) is 0 Å². The molecule has 2 aromatic rings. The fourth-order valence-electron chi connectivity index (χ4n) is 4.13. The number of ether oxygens (including phenoxy) is 1. The average Bonchev–Trinajstić information content (AvgIpc) is 3.00. The standard InChI is InChI=1S/C23H25N3O4/c1-22(2,3)30-21(29)26-12-11-24-14-23(26,15-7-5-4-6-8-15)16-9-10-17-18(13-16)20(28)25-19(17)27/h4-10,13,24H,11-12,14H2,1-3H3,(H,25,27,28). The van der Waals surface area contributed by atoms with Crippen LogP contribution < -0.4 is 10.6 Å². The molecule has 0 bridgehead atoms. The zero-order valence-electron chi connectivity index (χ0n) is 17.3. The number of hydrogen-bond acceptors (Lipinski definition) is 5. The Balaban J connectivity index is 1.90. The average molecular weight is 407 g/mol. The third-order valence-electron chi connectivity index (χ3n) is 5.43. The number of nitrogens with zero attached hydrogens (tertiary/aromatic N) is 1. The topological polar surface area (TPSA) is 87.7 Å². The van der Waals surface area contributed by atoms with E-state index < -0.39 is 29.0 Å². The second kappa shape index (κ2) is 7.25. The summed E-state index contributed by atoms with van der Waals surface area (Å²) in [5, 5.41) is 5.72. The first kappa shape index (κ1) is 20.1. The highest BCUT2D eigenvalue weighted by Crippen LogP contribution is 2.39. The molecule has 3 amide bonds. The molecule has 7 heteroatoms. The van der Waals surface area contributed by atoms with Crippen LogP contribution in [0, 0.1) is 0 Å². The van der Waals surface area contributed by atoms with E-state index in [1.165, 1.54) is 0 Å². The quantitative estimate of drug-likeness (QED) is 0.748. The van der Waals surface area contributed by atoms with Gasteiger partial charge >= 0.3 is 6.09 Å². The SMILES string of the molecule is CC(C)(C)OC(=O)N1CCNCC1(c1ccccc1)c1ccc2c(c1)C(=O)NC2=O. The lowest BCUT2D eigenvalue weighted by atomic mass is 9.79. The van der Waals surface area contributed by atoms with Gasteiger partial charge in [0.1, 0.15) is 11.1 Å². The first-order chi connectivity index (χ1) is 14.2. The first-order valence-corrected chi connectivity index (χ1v) is 9.99. The number of piperazine rings is 1. The zero-order valence-corrected chi connectivity index (χ0v) is 17.3. The summed E-state index contributed by atoms with van der Waals surface area (Å²) in [5.74, 6) is -0.825. The Morgan fingerprint density at radius 3 is 2.40 bits per heavy atom. The predicted octanol–water partition coefficient (Wildman–Crippen LogP) is 2.65. The van der Waals surface area contributed by atoms with Crippen LogP contribution in [-0.2, 0) is 10.3 Å². The van der Waals surface area contributed by atoms with Gasteiger partial charge in [0.2, 0.25) is 0 Å². The van der Waals surface area contributed by atoms with Gasteiger partial charge in [-0.3, -0.25) is 19.8 Å². The molecule has 156 valence electrons. The van der Waals surface area contributed by atoms with Crippen LogP contribution >= 0.6 is 0 Å². The van der Waals surface area contributed by atoms with Crippen LogP contribution in [0.5, 0.6) is 0 Å². The number of hydrogen-bond donors (Lipinski definition) is 2. The number of rotatable bonds is 2. The van der Waals surface area contributed by atoms with Crippen LogP contribution in [0.2, 0.25) is 0 Å². The zero-order chi connectivity index (χ0) is 21.5. The predicted molar refractivity (Wildman–Crippen MR) is 111 cm³/mol. The van der Waals surface area contributed by atoms with Crippen LogP contribution in [-0.4, -0.2) is 48.0 Å². The lowest BCUT2D eigenvalue weighted by molar-refractivity contribution is -0.00322. The summed E-state index contributed by atoms with van der Waals surface area (Å²) < 4.78 is 5.73. The van der Waals surface area contributed by atoms with Crippen molar-refractivity contribution in [3.05, 3.63) is 70.8 Å². The van der Waals surface area contributed by atoms with E-state index in [2.05, 4.69) is 10.6 Å². The molecule has 1 unspecified atom stereocenters. The molecular formula is C23H25N3O4. The van der Waals surface area contributed by atoms with Gasteiger partial charge < -0.3 is 10.1 Å². The molecule has 2 aromatic carbocycles. The van der Waals surface area contributed by atoms with Gasteiger partial charge in [0.15, 0.2) is 0 Å². The number of amides is 3. The Labute approximate surface area is 175 Å². The van der Waals surface area contributed by atoms with E-state index in [9.17, 15) is 14.4 Å². The van der Waals surface area contributed by atoms with Crippen molar-refractivity contribution in [1.29, 1.82) is 0 Å². The van der Waals surface area contributed by atoms with E-state index in [1.807, 2.05) is 57.2 Å². The number of nitrogens with one attached hydrogen (secondary N) is 2. The molecule has 0 aliphatic carbocycles. The molecule has 2 heterocycles. The van der Waals surface area contributed by atoms with E-state index in [0.717, 1.165) is 11.1 Å². The van der Waals surface area contributed by atoms with Gasteiger partial charge in [0.05, 0.1) is 11.1 Å². The maximum atomic E-state index is 13.3. The third kappa shape index (κ3) is 3.35. The lowest BCUT2D eigenvalue weighted by Crippen LogP contribution is -2.62. The molecule has 1 fully saturated rings. The number of carbonyl (C=O) groups is 3. The first-order valence-electron chi connectivity index (χ1n) is 9.99. The molecule has 2 aliphatic heterocycles. The molecule has 7 nitrogen and oxygen atoms in total. The molecule has 0 spiro atoms. The van der Waals surface area contributed by atoms with Crippen LogP contribution in [0.25, 0.3) is 0 Å². The lowest BCUT2D eigenvalue weighted by Gasteiger charge is -2.48. The molecule has 2 N–H and O–H groups in total. The molecule has 0 radical (unpaired) electrons. The van der Waals surface area contributed by atoms with E-state index in [0.29, 0.717) is 30.8 Å². The van der Waals surface area contributed by atoms with E-state index in [-0.39, 0.29) is 0 Å². The third-order valence-corrected chi connectivity index (χ3v) is 5.43. The van der Waals surface area contributed by atoms with Crippen molar-refractivity contribution in [2.24, 2.45) is 0 Å². The maximum absolute atomic E-state index is 13.3. The normalized spacial score (nSPS) is 21.2. The van der Waals surface area contributed by atoms with Crippen molar-refractivity contribution in [3.8, 4) is 0 Å². The van der Waals surface area contributed by atoms with Crippen LogP contribution in [0.15, 0.2) is 48.5 Å². The Bertz CT molecular complexity index is 1010. The van der Waals surface area contributed by atoms with Gasteiger partial charge in [-0.2, -0.15) is 0 Å². The second-order valence-electron chi connectivity index (χ2n) is 8.58. The van der Waals surface area contributed by atoms with Crippen molar-refractivity contribution in [3.63, 3.8) is 0 Å². The molecule has 30 heavy (non-hydrogen) atoms. The molecule has 2 aliphatic rings. The van der Waals surface area contributed by atoms with E-state index in [1.54, 1.807) is 17.0 Å². The van der Waals surface area contributed by atoms with Crippen molar-refractivity contribution >= 4 is 17.9 Å². The molecule has 1 atom stereocenters. The Kier molecular flexibility index (Phi) is 4.86. The minimum atomic E-state index is -0.886. The maximum Gasteiger partial charge on any atom is 0.411 e. The summed E-state index contributed by atoms with van der Waals surface area (Å²) >= 11 is 0. The van der Waals surface area contributed by atoms with Crippen LogP contribution in [0.1, 0.15) is 52.6 Å².